The third kappa shape index (κ3) is 7.56. The molecule has 0 saturated carbocycles. The second-order valence-electron chi connectivity index (χ2n) is 11.5. The van der Waals surface area contributed by atoms with Crippen molar-refractivity contribution in [3.05, 3.63) is 70.5 Å². The third-order valence-corrected chi connectivity index (χ3v) is 8.31. The van der Waals surface area contributed by atoms with Gasteiger partial charge in [-0.25, -0.2) is 9.97 Å². The highest BCUT2D eigenvalue weighted by Crippen LogP contribution is 2.36. The van der Waals surface area contributed by atoms with E-state index in [-0.39, 0.29) is 23.9 Å². The Kier molecular flexibility index (Phi) is 9.84. The number of piperazine rings is 1. The summed E-state index contributed by atoms with van der Waals surface area (Å²) in [7, 11) is 3.76. The quantitative estimate of drug-likeness (QED) is 0.227. The molecule has 0 spiro atoms. The molecule has 0 bridgehead atoms. The molecule has 5 rings (SSSR count). The maximum absolute atomic E-state index is 14.2. The lowest BCUT2D eigenvalue weighted by atomic mass is 9.95. The van der Waals surface area contributed by atoms with Gasteiger partial charge in [-0.2, -0.15) is 13.2 Å². The number of rotatable bonds is 7. The molecule has 232 valence electrons. The van der Waals surface area contributed by atoms with Gasteiger partial charge in [-0.3, -0.25) is 10.3 Å². The number of halogens is 3. The van der Waals surface area contributed by atoms with Gasteiger partial charge in [-0.15, -0.1) is 0 Å². The maximum Gasteiger partial charge on any atom is 0.416 e. The number of aromatic nitrogens is 2. The number of hydrogen-bond acceptors (Lipinski definition) is 8. The van der Waals surface area contributed by atoms with E-state index < -0.39 is 11.7 Å². The van der Waals surface area contributed by atoms with E-state index in [9.17, 15) is 13.2 Å². The van der Waals surface area contributed by atoms with Gasteiger partial charge in [-0.05, 0) is 80.2 Å². The van der Waals surface area contributed by atoms with Crippen molar-refractivity contribution in [3.8, 4) is 23.0 Å². The lowest BCUT2D eigenvalue weighted by Gasteiger charge is -2.33. The number of nitrogens with zero attached hydrogens (tertiary/aromatic N) is 4. The molecule has 2 aliphatic rings. The first-order valence-electron chi connectivity index (χ1n) is 15.0. The first kappa shape index (κ1) is 31.4. The molecule has 2 saturated heterocycles. The van der Waals surface area contributed by atoms with Crippen LogP contribution in [0.25, 0.3) is 11.1 Å². The number of benzene rings is 2. The highest BCUT2D eigenvalue weighted by atomic mass is 19.4. The predicted molar refractivity (Wildman–Crippen MR) is 169 cm³/mol. The molecular weight excluding hydrogens is 565 g/mol. The summed E-state index contributed by atoms with van der Waals surface area (Å²) in [5.41, 5.74) is 2.81. The molecule has 0 aliphatic carbocycles. The zero-order valence-corrected chi connectivity index (χ0v) is 25.4. The van der Waals surface area contributed by atoms with Crippen molar-refractivity contribution >= 4 is 17.3 Å². The van der Waals surface area contributed by atoms with Crippen molar-refractivity contribution in [2.24, 2.45) is 0 Å². The largest absolute Gasteiger partial charge is 0.416 e. The van der Waals surface area contributed by atoms with Gasteiger partial charge in [0.05, 0.1) is 11.1 Å². The molecule has 4 N–H and O–H groups in total. The molecule has 2 aromatic carbocycles. The van der Waals surface area contributed by atoms with Gasteiger partial charge in [0.2, 0.25) is 0 Å². The number of piperidine rings is 1. The molecule has 0 radical (unpaired) electrons. The molecule has 3 heterocycles. The third-order valence-electron chi connectivity index (χ3n) is 8.31. The second-order valence-corrected chi connectivity index (χ2v) is 11.5. The summed E-state index contributed by atoms with van der Waals surface area (Å²) in [6.07, 6.45) is -1.13. The molecule has 3 aromatic rings. The molecule has 2 aliphatic heterocycles. The van der Waals surface area contributed by atoms with Gasteiger partial charge in [0.25, 0.3) is 0 Å². The molecule has 8 nitrogen and oxygen atoms in total. The fourth-order valence-corrected chi connectivity index (χ4v) is 5.61. The van der Waals surface area contributed by atoms with Crippen LogP contribution in [-0.4, -0.2) is 84.9 Å². The topological polar surface area (TPSA) is 92.2 Å². The van der Waals surface area contributed by atoms with Crippen LogP contribution in [0.5, 0.6) is 0 Å². The van der Waals surface area contributed by atoms with Crippen LogP contribution in [0.2, 0.25) is 0 Å². The number of nitrogens with one attached hydrogen (secondary N) is 4. The van der Waals surface area contributed by atoms with Crippen molar-refractivity contribution in [3.63, 3.8) is 0 Å². The summed E-state index contributed by atoms with van der Waals surface area (Å²) in [6.45, 7) is 7.15. The van der Waals surface area contributed by atoms with Crippen molar-refractivity contribution < 1.29 is 13.2 Å². The standard InChI is InChI=1S/C33H39F3N8/c1-22-4-5-24(25-6-7-26(28(19-25)33(34,35)36)20-44-16-14-43(3)15-17-44)18-23(22)8-9-29(37)30-31(38-2)40-21-41-32(30)42-27-10-12-39-13-11-27/h4-7,18-19,21,27,37,39H,10-17,20H2,1-3H3,(H2,38,40,41,42). The Hall–Kier alpha value is -3.98. The Morgan fingerprint density at radius 2 is 1.70 bits per heavy atom. The van der Waals surface area contributed by atoms with Crippen molar-refractivity contribution in [2.75, 3.05) is 64.0 Å². The fraction of sp³-hybridized carbons (Fsp3) is 0.424. The summed E-state index contributed by atoms with van der Waals surface area (Å²) < 4.78 is 42.7. The van der Waals surface area contributed by atoms with Gasteiger partial charge < -0.3 is 20.9 Å². The van der Waals surface area contributed by atoms with Crippen LogP contribution in [0.15, 0.2) is 42.7 Å². The first-order valence-corrected chi connectivity index (χ1v) is 15.0. The Labute approximate surface area is 257 Å². The molecule has 0 unspecified atom stereocenters. The number of likely N-dealkylation sites (N-methyl/N-ethyl adjacent to an activating group) is 1. The van der Waals surface area contributed by atoms with E-state index in [0.29, 0.717) is 33.9 Å². The maximum atomic E-state index is 14.2. The lowest BCUT2D eigenvalue weighted by Crippen LogP contribution is -2.44. The van der Waals surface area contributed by atoms with E-state index in [1.807, 2.05) is 26.1 Å². The van der Waals surface area contributed by atoms with Gasteiger partial charge in [0.1, 0.15) is 23.7 Å². The minimum absolute atomic E-state index is 0.0452. The smallest absolute Gasteiger partial charge is 0.372 e. The lowest BCUT2D eigenvalue weighted by molar-refractivity contribution is -0.138. The number of aryl methyl sites for hydroxylation is 1. The predicted octanol–water partition coefficient (Wildman–Crippen LogP) is 4.84. The summed E-state index contributed by atoms with van der Waals surface area (Å²) in [4.78, 5) is 13.0. The van der Waals surface area contributed by atoms with Crippen LogP contribution >= 0.6 is 0 Å². The minimum Gasteiger partial charge on any atom is -0.372 e. The number of alkyl halides is 3. The van der Waals surface area contributed by atoms with Crippen LogP contribution < -0.4 is 16.0 Å². The Morgan fingerprint density at radius 3 is 2.41 bits per heavy atom. The normalized spacial score (nSPS) is 16.7. The molecule has 0 atom stereocenters. The van der Waals surface area contributed by atoms with Crippen LogP contribution in [0, 0.1) is 24.2 Å². The monoisotopic (exact) mass is 604 g/mol. The van der Waals surface area contributed by atoms with Gasteiger partial charge in [-0.1, -0.05) is 30.2 Å². The summed E-state index contributed by atoms with van der Waals surface area (Å²) in [6, 6.07) is 10.3. The van der Waals surface area contributed by atoms with Crippen LogP contribution in [-0.2, 0) is 12.7 Å². The van der Waals surface area contributed by atoms with E-state index in [1.54, 1.807) is 25.2 Å². The Bertz CT molecular complexity index is 1540. The number of hydrogen-bond donors (Lipinski definition) is 4. The molecule has 44 heavy (non-hydrogen) atoms. The van der Waals surface area contributed by atoms with E-state index in [4.69, 9.17) is 5.41 Å². The molecular formula is C33H39F3N8. The summed E-state index contributed by atoms with van der Waals surface area (Å²) in [5, 5.41) is 18.7. The van der Waals surface area contributed by atoms with Crippen molar-refractivity contribution in [1.82, 2.24) is 25.1 Å². The zero-order chi connectivity index (χ0) is 31.3. The Morgan fingerprint density at radius 1 is 1.02 bits per heavy atom. The minimum atomic E-state index is -4.47. The first-order chi connectivity index (χ1) is 21.1. The summed E-state index contributed by atoms with van der Waals surface area (Å²) >= 11 is 0. The van der Waals surface area contributed by atoms with Crippen LogP contribution in [0.1, 0.15) is 40.7 Å². The SMILES string of the molecule is CNc1ncnc(NC2CCNCC2)c1C(=N)C#Cc1cc(-c2ccc(CN3CCN(C)CC3)c(C(F)(F)F)c2)ccc1C. The fourth-order valence-electron chi connectivity index (χ4n) is 5.61. The molecule has 0 amide bonds. The van der Waals surface area contributed by atoms with Gasteiger partial charge in [0, 0.05) is 51.4 Å². The Balaban J connectivity index is 1.41. The number of anilines is 2. The van der Waals surface area contributed by atoms with Crippen LogP contribution in [0.4, 0.5) is 24.8 Å². The average molecular weight is 605 g/mol. The highest BCUT2D eigenvalue weighted by molar-refractivity contribution is 6.16. The molecule has 2 fully saturated rings. The van der Waals surface area contributed by atoms with Gasteiger partial charge >= 0.3 is 6.18 Å². The van der Waals surface area contributed by atoms with E-state index in [2.05, 4.69) is 47.6 Å². The second kappa shape index (κ2) is 13.8. The zero-order valence-electron chi connectivity index (χ0n) is 25.4. The molecule has 11 heteroatoms. The van der Waals surface area contributed by atoms with E-state index in [1.165, 1.54) is 12.4 Å². The van der Waals surface area contributed by atoms with Crippen LogP contribution in [0.3, 0.4) is 0 Å². The summed E-state index contributed by atoms with van der Waals surface area (Å²) in [5.74, 6) is 7.09. The van der Waals surface area contributed by atoms with E-state index >= 15 is 0 Å². The van der Waals surface area contributed by atoms with Crippen molar-refractivity contribution in [2.45, 2.75) is 38.5 Å². The highest BCUT2D eigenvalue weighted by Gasteiger charge is 2.34. The van der Waals surface area contributed by atoms with E-state index in [0.717, 1.165) is 57.7 Å². The molecule has 1 aromatic heterocycles. The van der Waals surface area contributed by atoms with Crippen molar-refractivity contribution in [1.29, 1.82) is 5.41 Å². The average Bonchev–Trinajstić information content (AvgIpc) is 3.01. The van der Waals surface area contributed by atoms with Gasteiger partial charge in [0.15, 0.2) is 0 Å².